The Morgan fingerprint density at radius 3 is 2.83 bits per heavy atom. The summed E-state index contributed by atoms with van der Waals surface area (Å²) in [6.45, 7) is 7.66. The van der Waals surface area contributed by atoms with Crippen LogP contribution in [0.3, 0.4) is 0 Å². The number of halogens is 2. The van der Waals surface area contributed by atoms with Crippen molar-refractivity contribution in [3.8, 4) is 0 Å². The van der Waals surface area contributed by atoms with Gasteiger partial charge in [-0.15, -0.1) is 11.3 Å². The van der Waals surface area contributed by atoms with Crippen LogP contribution in [0.2, 0.25) is 10.0 Å². The summed E-state index contributed by atoms with van der Waals surface area (Å²) in [6.07, 6.45) is 0.929. The average Bonchev–Trinajstić information content (AvgIpc) is 3.29. The molecule has 160 valence electrons. The van der Waals surface area contributed by atoms with Gasteiger partial charge in [-0.05, 0) is 43.7 Å². The SMILES string of the molecule is Cc1nn(Cc2ccc(Cl)cc2Cl)c2sc(C(=O)NCCCN3CCOCC3)cc12. The van der Waals surface area contributed by atoms with Crippen LogP contribution in [-0.2, 0) is 11.3 Å². The molecule has 0 bridgehead atoms. The largest absolute Gasteiger partial charge is 0.379 e. The van der Waals surface area contributed by atoms with Crippen LogP contribution in [0.5, 0.6) is 0 Å². The van der Waals surface area contributed by atoms with Gasteiger partial charge in [0.2, 0.25) is 0 Å². The fourth-order valence-corrected chi connectivity index (χ4v) is 5.11. The van der Waals surface area contributed by atoms with E-state index in [1.165, 1.54) is 11.3 Å². The first-order chi connectivity index (χ1) is 14.5. The standard InChI is InChI=1S/C21H24Cl2N4O2S/c1-14-17-12-19(20(28)24-5-2-6-26-7-9-29-10-8-26)30-21(17)27(25-14)13-15-3-4-16(22)11-18(15)23/h3-4,11-12H,2,5-10,13H2,1H3,(H,24,28). The van der Waals surface area contributed by atoms with Crippen molar-refractivity contribution in [1.29, 1.82) is 0 Å². The Morgan fingerprint density at radius 1 is 1.27 bits per heavy atom. The molecule has 3 heterocycles. The third-order valence-corrected chi connectivity index (χ3v) is 6.94. The number of benzene rings is 1. The molecule has 1 aliphatic heterocycles. The van der Waals surface area contributed by atoms with Gasteiger partial charge in [0.25, 0.3) is 5.91 Å². The zero-order valence-electron chi connectivity index (χ0n) is 16.8. The number of nitrogens with one attached hydrogen (secondary N) is 1. The molecule has 1 saturated heterocycles. The second-order valence-corrected chi connectivity index (χ2v) is 9.25. The molecular formula is C21H24Cl2N4O2S. The van der Waals surface area contributed by atoms with E-state index in [2.05, 4.69) is 15.3 Å². The number of hydrogen-bond donors (Lipinski definition) is 1. The van der Waals surface area contributed by atoms with Crippen LogP contribution in [0, 0.1) is 6.92 Å². The number of fused-ring (bicyclic) bond motifs is 1. The fourth-order valence-electron chi connectivity index (χ4n) is 3.56. The average molecular weight is 467 g/mol. The number of hydrogen-bond acceptors (Lipinski definition) is 5. The van der Waals surface area contributed by atoms with Crippen LogP contribution in [0.25, 0.3) is 10.2 Å². The summed E-state index contributed by atoms with van der Waals surface area (Å²) < 4.78 is 7.26. The van der Waals surface area contributed by atoms with Crippen molar-refractivity contribution >= 4 is 50.7 Å². The minimum atomic E-state index is -0.0337. The van der Waals surface area contributed by atoms with E-state index >= 15 is 0 Å². The molecule has 3 aromatic rings. The summed E-state index contributed by atoms with van der Waals surface area (Å²) >= 11 is 13.8. The lowest BCUT2D eigenvalue weighted by atomic mass is 10.2. The third-order valence-electron chi connectivity index (χ3n) is 5.21. The van der Waals surface area contributed by atoms with Gasteiger partial charge in [0, 0.05) is 35.1 Å². The molecule has 6 nitrogen and oxygen atoms in total. The van der Waals surface area contributed by atoms with Gasteiger partial charge in [-0.25, -0.2) is 0 Å². The maximum atomic E-state index is 12.6. The second kappa shape index (κ2) is 9.66. The summed E-state index contributed by atoms with van der Waals surface area (Å²) in [6, 6.07) is 7.39. The number of ether oxygens (including phenoxy) is 1. The Bertz CT molecular complexity index is 1040. The fraction of sp³-hybridized carbons (Fsp3) is 0.429. The van der Waals surface area contributed by atoms with Crippen LogP contribution in [-0.4, -0.2) is 60.0 Å². The number of aryl methyl sites for hydroxylation is 1. The monoisotopic (exact) mass is 466 g/mol. The van der Waals surface area contributed by atoms with E-state index in [1.807, 2.05) is 29.8 Å². The van der Waals surface area contributed by atoms with Gasteiger partial charge in [0.05, 0.1) is 30.3 Å². The van der Waals surface area contributed by atoms with Crippen molar-refractivity contribution in [3.63, 3.8) is 0 Å². The molecule has 0 saturated carbocycles. The summed E-state index contributed by atoms with van der Waals surface area (Å²) in [4.78, 5) is 16.7. The zero-order valence-corrected chi connectivity index (χ0v) is 19.1. The Labute approximate surface area is 189 Å². The van der Waals surface area contributed by atoms with Crippen LogP contribution < -0.4 is 5.32 Å². The highest BCUT2D eigenvalue weighted by molar-refractivity contribution is 7.20. The minimum Gasteiger partial charge on any atom is -0.379 e. The number of carbonyl (C=O) groups excluding carboxylic acids is 1. The molecule has 0 radical (unpaired) electrons. The molecule has 4 rings (SSSR count). The van der Waals surface area contributed by atoms with Crippen molar-refractivity contribution in [1.82, 2.24) is 20.0 Å². The normalized spacial score (nSPS) is 15.0. The zero-order chi connectivity index (χ0) is 21.1. The van der Waals surface area contributed by atoms with Gasteiger partial charge in [-0.1, -0.05) is 29.3 Å². The number of rotatable bonds is 7. The Balaban J connectivity index is 1.40. The molecule has 0 aliphatic carbocycles. The topological polar surface area (TPSA) is 59.4 Å². The molecule has 2 aromatic heterocycles. The van der Waals surface area contributed by atoms with Crippen molar-refractivity contribution in [2.45, 2.75) is 19.9 Å². The predicted octanol–water partition coefficient (Wildman–Crippen LogP) is 4.21. The van der Waals surface area contributed by atoms with Crippen LogP contribution in [0.4, 0.5) is 0 Å². The minimum absolute atomic E-state index is 0.0337. The van der Waals surface area contributed by atoms with Crippen molar-refractivity contribution in [3.05, 3.63) is 50.4 Å². The molecule has 1 amide bonds. The van der Waals surface area contributed by atoms with Gasteiger partial charge in [-0.3, -0.25) is 14.4 Å². The smallest absolute Gasteiger partial charge is 0.261 e. The highest BCUT2D eigenvalue weighted by atomic mass is 35.5. The van der Waals surface area contributed by atoms with E-state index in [9.17, 15) is 4.79 Å². The maximum absolute atomic E-state index is 12.6. The summed E-state index contributed by atoms with van der Waals surface area (Å²) in [5, 5.41) is 9.88. The first kappa shape index (κ1) is 21.6. The lowest BCUT2D eigenvalue weighted by Gasteiger charge is -2.26. The molecule has 0 atom stereocenters. The number of amides is 1. The first-order valence-electron chi connectivity index (χ1n) is 10.0. The Morgan fingerprint density at radius 2 is 2.07 bits per heavy atom. The number of nitrogens with zero attached hydrogens (tertiary/aromatic N) is 3. The highest BCUT2D eigenvalue weighted by Crippen LogP contribution is 2.30. The van der Waals surface area contributed by atoms with E-state index in [0.717, 1.165) is 60.7 Å². The van der Waals surface area contributed by atoms with Crippen molar-refractivity contribution < 1.29 is 9.53 Å². The number of carbonyl (C=O) groups is 1. The highest BCUT2D eigenvalue weighted by Gasteiger charge is 2.17. The third kappa shape index (κ3) is 4.98. The molecule has 0 unspecified atom stereocenters. The summed E-state index contributed by atoms with van der Waals surface area (Å²) in [7, 11) is 0. The molecule has 1 aliphatic rings. The number of aromatic nitrogens is 2. The van der Waals surface area contributed by atoms with Crippen LogP contribution in [0.1, 0.15) is 27.3 Å². The van der Waals surface area contributed by atoms with Gasteiger partial charge >= 0.3 is 0 Å². The lowest BCUT2D eigenvalue weighted by molar-refractivity contribution is 0.0374. The Hall–Kier alpha value is -1.64. The van der Waals surface area contributed by atoms with Crippen molar-refractivity contribution in [2.75, 3.05) is 39.4 Å². The summed E-state index contributed by atoms with van der Waals surface area (Å²) in [5.74, 6) is -0.0337. The van der Waals surface area contributed by atoms with Gasteiger partial charge in [0.1, 0.15) is 4.83 Å². The van der Waals surface area contributed by atoms with Gasteiger partial charge in [-0.2, -0.15) is 5.10 Å². The quantitative estimate of drug-likeness (QED) is 0.529. The molecule has 1 aromatic carbocycles. The second-order valence-electron chi connectivity index (χ2n) is 7.37. The van der Waals surface area contributed by atoms with E-state index in [-0.39, 0.29) is 5.91 Å². The maximum Gasteiger partial charge on any atom is 0.261 e. The number of thiophene rings is 1. The molecule has 30 heavy (non-hydrogen) atoms. The molecule has 1 N–H and O–H groups in total. The molecule has 9 heteroatoms. The summed E-state index contributed by atoms with van der Waals surface area (Å²) in [5.41, 5.74) is 1.84. The lowest BCUT2D eigenvalue weighted by Crippen LogP contribution is -2.38. The molecule has 1 fully saturated rings. The Kier molecular flexibility index (Phi) is 6.95. The van der Waals surface area contributed by atoms with E-state index in [1.54, 1.807) is 6.07 Å². The van der Waals surface area contributed by atoms with Gasteiger partial charge < -0.3 is 10.1 Å². The van der Waals surface area contributed by atoms with Crippen molar-refractivity contribution in [2.24, 2.45) is 0 Å². The first-order valence-corrected chi connectivity index (χ1v) is 11.6. The molecule has 0 spiro atoms. The predicted molar refractivity (Wildman–Crippen MR) is 122 cm³/mol. The van der Waals surface area contributed by atoms with Crippen LogP contribution in [0.15, 0.2) is 24.3 Å². The van der Waals surface area contributed by atoms with Crippen LogP contribution >= 0.6 is 34.5 Å². The van der Waals surface area contributed by atoms with E-state index in [0.29, 0.717) is 28.0 Å². The number of morpholine rings is 1. The van der Waals surface area contributed by atoms with E-state index in [4.69, 9.17) is 27.9 Å². The van der Waals surface area contributed by atoms with Gasteiger partial charge in [0.15, 0.2) is 0 Å². The molecular weight excluding hydrogens is 443 g/mol. The van der Waals surface area contributed by atoms with E-state index < -0.39 is 0 Å².